The predicted octanol–water partition coefficient (Wildman–Crippen LogP) is 5.56. The van der Waals surface area contributed by atoms with Crippen LogP contribution in [0.15, 0.2) is 54.3 Å². The Bertz CT molecular complexity index is 762. The van der Waals surface area contributed by atoms with E-state index >= 15 is 0 Å². The molecule has 7 unspecified atom stereocenters. The SMILES string of the molecule is CC(OCc1ccccc1)OC1=CC2C3C(C4C(C)CC24C=C1)C3(C)C. The molecular formula is C24H30O2. The zero-order valence-electron chi connectivity index (χ0n) is 16.3. The first-order chi connectivity index (χ1) is 12.4. The van der Waals surface area contributed by atoms with Crippen molar-refractivity contribution in [3.05, 3.63) is 59.9 Å². The Morgan fingerprint density at radius 2 is 1.88 bits per heavy atom. The Morgan fingerprint density at radius 1 is 1.12 bits per heavy atom. The van der Waals surface area contributed by atoms with Crippen LogP contribution in [0.1, 0.15) is 39.7 Å². The van der Waals surface area contributed by atoms with E-state index in [1.54, 1.807) is 0 Å². The van der Waals surface area contributed by atoms with E-state index < -0.39 is 0 Å². The smallest absolute Gasteiger partial charge is 0.197 e. The minimum Gasteiger partial charge on any atom is -0.466 e. The highest BCUT2D eigenvalue weighted by molar-refractivity contribution is 5.39. The Morgan fingerprint density at radius 3 is 2.62 bits per heavy atom. The summed E-state index contributed by atoms with van der Waals surface area (Å²) < 4.78 is 12.0. The lowest BCUT2D eigenvalue weighted by Crippen LogP contribution is -2.50. The molecule has 0 bridgehead atoms. The molecule has 1 spiro atoms. The van der Waals surface area contributed by atoms with Crippen LogP contribution in [0.3, 0.4) is 0 Å². The van der Waals surface area contributed by atoms with Gasteiger partial charge in [0, 0.05) is 0 Å². The maximum Gasteiger partial charge on any atom is 0.197 e. The fourth-order valence-electron chi connectivity index (χ4n) is 6.77. The van der Waals surface area contributed by atoms with E-state index in [2.05, 4.69) is 51.1 Å². The van der Waals surface area contributed by atoms with Crippen LogP contribution in [0.2, 0.25) is 0 Å². The zero-order valence-corrected chi connectivity index (χ0v) is 16.3. The van der Waals surface area contributed by atoms with E-state index in [4.69, 9.17) is 9.47 Å². The molecule has 0 amide bonds. The molecule has 1 aromatic rings. The van der Waals surface area contributed by atoms with E-state index in [0.29, 0.717) is 23.4 Å². The number of hydrogen-bond donors (Lipinski definition) is 0. The molecule has 0 aliphatic heterocycles. The summed E-state index contributed by atoms with van der Waals surface area (Å²) in [7, 11) is 0. The van der Waals surface area contributed by atoms with Crippen LogP contribution in [0.4, 0.5) is 0 Å². The van der Waals surface area contributed by atoms with Crippen molar-refractivity contribution in [2.45, 2.75) is 47.0 Å². The van der Waals surface area contributed by atoms with Gasteiger partial charge in [0.15, 0.2) is 6.29 Å². The van der Waals surface area contributed by atoms with Crippen LogP contribution >= 0.6 is 0 Å². The Hall–Kier alpha value is -1.54. The maximum atomic E-state index is 6.14. The average molecular weight is 351 g/mol. The number of benzene rings is 1. The van der Waals surface area contributed by atoms with Crippen LogP contribution in [0, 0.1) is 40.4 Å². The molecule has 0 heterocycles. The lowest BCUT2D eigenvalue weighted by Gasteiger charge is -2.56. The first-order valence-corrected chi connectivity index (χ1v) is 10.2. The van der Waals surface area contributed by atoms with Crippen LogP contribution in [0.5, 0.6) is 0 Å². The Kier molecular flexibility index (Phi) is 3.50. The van der Waals surface area contributed by atoms with Crippen molar-refractivity contribution >= 4 is 0 Å². The summed E-state index contributed by atoms with van der Waals surface area (Å²) in [5.74, 6) is 5.16. The maximum absolute atomic E-state index is 6.14. The van der Waals surface area contributed by atoms with Gasteiger partial charge in [-0.1, -0.05) is 57.2 Å². The van der Waals surface area contributed by atoms with Crippen molar-refractivity contribution < 1.29 is 9.47 Å². The quantitative estimate of drug-likeness (QED) is 0.647. The highest BCUT2D eigenvalue weighted by Crippen LogP contribution is 2.84. The molecule has 2 heteroatoms. The number of rotatable bonds is 5. The van der Waals surface area contributed by atoms with Gasteiger partial charge in [-0.25, -0.2) is 0 Å². The van der Waals surface area contributed by atoms with Crippen molar-refractivity contribution in [1.82, 2.24) is 0 Å². The van der Waals surface area contributed by atoms with Gasteiger partial charge in [0.2, 0.25) is 0 Å². The molecule has 4 aliphatic carbocycles. The lowest BCUT2D eigenvalue weighted by atomic mass is 9.48. The summed E-state index contributed by atoms with van der Waals surface area (Å²) in [6.45, 7) is 9.97. The number of allylic oxidation sites excluding steroid dienone is 3. The molecule has 138 valence electrons. The molecule has 3 saturated carbocycles. The van der Waals surface area contributed by atoms with Gasteiger partial charge in [0.05, 0.1) is 6.61 Å². The average Bonchev–Trinajstić information content (AvgIpc) is 3.03. The lowest BCUT2D eigenvalue weighted by molar-refractivity contribution is -0.111. The van der Waals surface area contributed by atoms with Gasteiger partial charge in [0.1, 0.15) is 5.76 Å². The van der Waals surface area contributed by atoms with Gasteiger partial charge in [-0.2, -0.15) is 0 Å². The molecule has 7 atom stereocenters. The second kappa shape index (κ2) is 5.48. The summed E-state index contributed by atoms with van der Waals surface area (Å²) in [5.41, 5.74) is 2.13. The van der Waals surface area contributed by atoms with Crippen molar-refractivity contribution in [3.63, 3.8) is 0 Å². The van der Waals surface area contributed by atoms with Crippen molar-refractivity contribution in [2.24, 2.45) is 40.4 Å². The third-order valence-electron chi connectivity index (χ3n) is 7.83. The van der Waals surface area contributed by atoms with Gasteiger partial charge >= 0.3 is 0 Å². The zero-order chi connectivity index (χ0) is 18.1. The van der Waals surface area contributed by atoms with Crippen molar-refractivity contribution in [3.8, 4) is 0 Å². The minimum absolute atomic E-state index is 0.235. The summed E-state index contributed by atoms with van der Waals surface area (Å²) in [6, 6.07) is 10.3. The second-order valence-corrected chi connectivity index (χ2v) is 9.60. The Labute approximate surface area is 157 Å². The van der Waals surface area contributed by atoms with Gasteiger partial charge in [-0.3, -0.25) is 0 Å². The molecular weight excluding hydrogens is 320 g/mol. The molecule has 5 rings (SSSR count). The molecule has 26 heavy (non-hydrogen) atoms. The standard InChI is InChI=1S/C24H30O2/c1-15-13-24-11-10-18(12-19(24)21-22(20(15)24)23(21,3)4)26-16(2)25-14-17-8-6-5-7-9-17/h5-12,15-16,19-22H,13-14H2,1-4H3. The van der Waals surface area contributed by atoms with E-state index in [0.717, 1.165) is 29.4 Å². The van der Waals surface area contributed by atoms with Crippen molar-refractivity contribution in [2.75, 3.05) is 0 Å². The monoisotopic (exact) mass is 350 g/mol. The van der Waals surface area contributed by atoms with E-state index in [-0.39, 0.29) is 6.29 Å². The summed E-state index contributed by atoms with van der Waals surface area (Å²) in [5, 5.41) is 0. The van der Waals surface area contributed by atoms with Crippen LogP contribution in [-0.4, -0.2) is 6.29 Å². The third-order valence-corrected chi connectivity index (χ3v) is 7.83. The Balaban J connectivity index is 1.26. The summed E-state index contributed by atoms with van der Waals surface area (Å²) in [6.07, 6.45) is 8.26. The van der Waals surface area contributed by atoms with E-state index in [1.165, 1.54) is 12.0 Å². The van der Waals surface area contributed by atoms with Gasteiger partial charge in [-0.15, -0.1) is 0 Å². The molecule has 1 aromatic carbocycles. The first kappa shape index (κ1) is 16.6. The van der Waals surface area contributed by atoms with Crippen molar-refractivity contribution in [1.29, 1.82) is 0 Å². The molecule has 0 radical (unpaired) electrons. The summed E-state index contributed by atoms with van der Waals surface area (Å²) in [4.78, 5) is 0. The highest BCUT2D eigenvalue weighted by Gasteiger charge is 2.79. The fourth-order valence-corrected chi connectivity index (χ4v) is 6.77. The van der Waals surface area contributed by atoms with Gasteiger partial charge in [0.25, 0.3) is 0 Å². The predicted molar refractivity (Wildman–Crippen MR) is 103 cm³/mol. The molecule has 0 N–H and O–H groups in total. The summed E-state index contributed by atoms with van der Waals surface area (Å²) >= 11 is 0. The van der Waals surface area contributed by atoms with Crippen LogP contribution < -0.4 is 0 Å². The number of ether oxygens (including phenoxy) is 2. The molecule has 3 fully saturated rings. The largest absolute Gasteiger partial charge is 0.466 e. The molecule has 0 aromatic heterocycles. The number of fused-ring (bicyclic) bond motifs is 3. The number of hydrogen-bond acceptors (Lipinski definition) is 2. The normalized spacial score (nSPS) is 42.0. The molecule has 4 aliphatic rings. The first-order valence-electron chi connectivity index (χ1n) is 10.2. The third kappa shape index (κ3) is 2.21. The fraction of sp³-hybridized carbons (Fsp3) is 0.583. The van der Waals surface area contributed by atoms with Crippen LogP contribution in [-0.2, 0) is 16.1 Å². The highest BCUT2D eigenvalue weighted by atomic mass is 16.7. The van der Waals surface area contributed by atoms with Gasteiger partial charge in [-0.05, 0) is 71.5 Å². The second-order valence-electron chi connectivity index (χ2n) is 9.60. The van der Waals surface area contributed by atoms with E-state index in [9.17, 15) is 0 Å². The minimum atomic E-state index is -0.235. The molecule has 0 saturated heterocycles. The van der Waals surface area contributed by atoms with Gasteiger partial charge < -0.3 is 9.47 Å². The van der Waals surface area contributed by atoms with Crippen LogP contribution in [0.25, 0.3) is 0 Å². The topological polar surface area (TPSA) is 18.5 Å². The molecule has 2 nitrogen and oxygen atoms in total. The van der Waals surface area contributed by atoms with E-state index in [1.807, 2.05) is 25.1 Å².